The van der Waals surface area contributed by atoms with Gasteiger partial charge in [0.1, 0.15) is 16.8 Å². The molecule has 7 nitrogen and oxygen atoms in total. The third-order valence-electron chi connectivity index (χ3n) is 5.34. The van der Waals surface area contributed by atoms with Crippen molar-refractivity contribution in [2.75, 3.05) is 32.5 Å². The predicted octanol–water partition coefficient (Wildman–Crippen LogP) is 3.60. The third kappa shape index (κ3) is 6.19. The maximum absolute atomic E-state index is 14.6. The molecule has 0 aliphatic heterocycles. The number of halogens is 2. The van der Waals surface area contributed by atoms with Gasteiger partial charge in [0.15, 0.2) is 0 Å². The highest BCUT2D eigenvalue weighted by Gasteiger charge is 2.34. The Bertz CT molecular complexity index is 1090. The Kier molecular flexibility index (Phi) is 8.64. The molecule has 0 aliphatic carbocycles. The van der Waals surface area contributed by atoms with Crippen LogP contribution in [0.25, 0.3) is 0 Å². The normalized spacial score (nSPS) is 13.8. The molecule has 0 amide bonds. The number of carbonyl (C=O) groups is 1. The highest BCUT2D eigenvalue weighted by atomic mass is 35.5. The summed E-state index contributed by atoms with van der Waals surface area (Å²) in [5.74, 6) is -2.94. The summed E-state index contributed by atoms with van der Waals surface area (Å²) >= 11 is 6.04. The Morgan fingerprint density at radius 2 is 1.88 bits per heavy atom. The summed E-state index contributed by atoms with van der Waals surface area (Å²) in [5, 5.41) is 13.1. The molecule has 0 heterocycles. The number of aryl methyl sites for hydroxylation is 1. The van der Waals surface area contributed by atoms with Crippen LogP contribution in [0.15, 0.2) is 35.2 Å². The predicted molar refractivity (Wildman–Crippen MR) is 125 cm³/mol. The topological polar surface area (TPSA) is 98.7 Å². The Morgan fingerprint density at radius 3 is 2.47 bits per heavy atom. The molecule has 0 saturated carbocycles. The number of hydrogen-bond donors (Lipinski definition) is 3. The van der Waals surface area contributed by atoms with E-state index in [9.17, 15) is 22.7 Å². The Balaban J connectivity index is 2.42. The van der Waals surface area contributed by atoms with Crippen molar-refractivity contribution >= 4 is 33.3 Å². The minimum Gasteiger partial charge on any atom is -0.480 e. The van der Waals surface area contributed by atoms with Crippen molar-refractivity contribution < 1.29 is 22.7 Å². The molecule has 0 aromatic heterocycles. The first kappa shape index (κ1) is 26.1. The van der Waals surface area contributed by atoms with Crippen LogP contribution in [0, 0.1) is 19.7 Å². The lowest BCUT2D eigenvalue weighted by Crippen LogP contribution is -2.44. The molecule has 0 spiro atoms. The van der Waals surface area contributed by atoms with Crippen LogP contribution in [0.1, 0.15) is 29.5 Å². The van der Waals surface area contributed by atoms with Crippen LogP contribution >= 0.6 is 11.6 Å². The van der Waals surface area contributed by atoms with E-state index < -0.39 is 33.8 Å². The number of aliphatic carboxylic acids is 1. The van der Waals surface area contributed by atoms with Crippen LogP contribution in [0.2, 0.25) is 5.02 Å². The summed E-state index contributed by atoms with van der Waals surface area (Å²) < 4.78 is 43.2. The van der Waals surface area contributed by atoms with Crippen LogP contribution in [-0.4, -0.2) is 57.6 Å². The zero-order valence-electron chi connectivity index (χ0n) is 18.7. The number of carboxylic acid groups (broad SMARTS) is 1. The fraction of sp³-hybridized carbons (Fsp3) is 0.409. The van der Waals surface area contributed by atoms with Crippen molar-refractivity contribution in [2.45, 2.75) is 37.6 Å². The van der Waals surface area contributed by atoms with Gasteiger partial charge in [-0.1, -0.05) is 24.6 Å². The number of carboxylic acids is 1. The number of nitrogens with one attached hydrogen (secondary N) is 2. The summed E-state index contributed by atoms with van der Waals surface area (Å²) in [6, 6.07) is 5.46. The smallest absolute Gasteiger partial charge is 0.322 e. The number of likely N-dealkylation sites (N-methyl/N-ethyl adjacent to an activating group) is 1. The minimum atomic E-state index is -4.28. The average Bonchev–Trinajstić information content (AvgIpc) is 2.68. The van der Waals surface area contributed by atoms with Gasteiger partial charge in [0, 0.05) is 24.0 Å². The van der Waals surface area contributed by atoms with Crippen LogP contribution in [0.3, 0.4) is 0 Å². The van der Waals surface area contributed by atoms with Gasteiger partial charge >= 0.3 is 5.97 Å². The molecule has 0 bridgehead atoms. The van der Waals surface area contributed by atoms with E-state index in [0.717, 1.165) is 5.56 Å². The van der Waals surface area contributed by atoms with Gasteiger partial charge in [0.2, 0.25) is 10.0 Å². The van der Waals surface area contributed by atoms with Gasteiger partial charge in [-0.2, -0.15) is 4.72 Å². The summed E-state index contributed by atoms with van der Waals surface area (Å²) in [6.07, 6.45) is 0. The number of benzene rings is 2. The van der Waals surface area contributed by atoms with Gasteiger partial charge < -0.3 is 15.3 Å². The zero-order valence-corrected chi connectivity index (χ0v) is 20.3. The van der Waals surface area contributed by atoms with E-state index in [1.807, 2.05) is 19.0 Å². The van der Waals surface area contributed by atoms with Gasteiger partial charge in [-0.15, -0.1) is 0 Å². The molecule has 10 heteroatoms. The highest BCUT2D eigenvalue weighted by molar-refractivity contribution is 7.89. The molecule has 2 atom stereocenters. The molecule has 2 rings (SSSR count). The van der Waals surface area contributed by atoms with Crippen molar-refractivity contribution in [1.29, 1.82) is 0 Å². The zero-order chi connectivity index (χ0) is 24.2. The largest absolute Gasteiger partial charge is 0.480 e. The van der Waals surface area contributed by atoms with Crippen molar-refractivity contribution in [1.82, 2.24) is 9.62 Å². The fourth-order valence-electron chi connectivity index (χ4n) is 3.42. The standard InChI is InChI=1S/C22H29ClFN3O4S/c1-13-6-8-17(24)20(14(13)2)15(3)21(22(28)29)26-32(30,31)19-9-7-16(23)12-18(19)25-10-11-27(4)5/h6-9,12,15,21,25-26H,10-11H2,1-5H3,(H,28,29)/t15-,21+/m1/s1. The van der Waals surface area contributed by atoms with E-state index >= 15 is 0 Å². The number of hydrogen-bond acceptors (Lipinski definition) is 5. The quantitative estimate of drug-likeness (QED) is 0.475. The molecule has 0 fully saturated rings. The van der Waals surface area contributed by atoms with Gasteiger partial charge in [0.05, 0.1) is 5.69 Å². The second-order valence-corrected chi connectivity index (χ2v) is 10.1. The summed E-state index contributed by atoms with van der Waals surface area (Å²) in [6.45, 7) is 6.04. The van der Waals surface area contributed by atoms with Crippen molar-refractivity contribution in [3.8, 4) is 0 Å². The molecule has 176 valence electrons. The van der Waals surface area contributed by atoms with Gasteiger partial charge in [-0.25, -0.2) is 12.8 Å². The van der Waals surface area contributed by atoms with E-state index in [0.29, 0.717) is 23.7 Å². The third-order valence-corrected chi connectivity index (χ3v) is 7.08. The average molecular weight is 486 g/mol. The first-order valence-corrected chi connectivity index (χ1v) is 11.9. The SMILES string of the molecule is Cc1ccc(F)c([C@@H](C)[C@H](NS(=O)(=O)c2ccc(Cl)cc2NCCN(C)C)C(=O)O)c1C. The Morgan fingerprint density at radius 1 is 1.22 bits per heavy atom. The van der Waals surface area contributed by atoms with Crippen molar-refractivity contribution in [2.24, 2.45) is 0 Å². The first-order chi connectivity index (χ1) is 14.8. The monoisotopic (exact) mass is 485 g/mol. The molecule has 0 saturated heterocycles. The van der Waals surface area contributed by atoms with E-state index in [2.05, 4.69) is 10.0 Å². The summed E-state index contributed by atoms with van der Waals surface area (Å²) in [5.41, 5.74) is 1.79. The number of sulfonamides is 1. The Hall–Kier alpha value is -2.20. The summed E-state index contributed by atoms with van der Waals surface area (Å²) in [7, 11) is -0.521. The minimum absolute atomic E-state index is 0.138. The number of anilines is 1. The molecule has 0 aliphatic rings. The van der Waals surface area contributed by atoms with Crippen LogP contribution in [-0.2, 0) is 14.8 Å². The van der Waals surface area contributed by atoms with Crippen LogP contribution < -0.4 is 10.0 Å². The van der Waals surface area contributed by atoms with Crippen molar-refractivity contribution in [3.05, 3.63) is 57.9 Å². The van der Waals surface area contributed by atoms with E-state index in [4.69, 9.17) is 11.6 Å². The molecule has 32 heavy (non-hydrogen) atoms. The van der Waals surface area contributed by atoms with Crippen LogP contribution in [0.5, 0.6) is 0 Å². The molecule has 0 radical (unpaired) electrons. The molecular formula is C22H29ClFN3O4S. The van der Waals surface area contributed by atoms with Crippen LogP contribution in [0.4, 0.5) is 10.1 Å². The lowest BCUT2D eigenvalue weighted by molar-refractivity contribution is -0.139. The fourth-order valence-corrected chi connectivity index (χ4v) is 5.02. The molecule has 2 aromatic rings. The number of rotatable bonds is 10. The molecule has 0 unspecified atom stereocenters. The van der Waals surface area contributed by atoms with E-state index in [1.165, 1.54) is 31.2 Å². The maximum Gasteiger partial charge on any atom is 0.322 e. The first-order valence-electron chi connectivity index (χ1n) is 10.0. The maximum atomic E-state index is 14.6. The second-order valence-electron chi connectivity index (χ2n) is 8.00. The Labute approximate surface area is 193 Å². The van der Waals surface area contributed by atoms with Gasteiger partial charge in [-0.3, -0.25) is 4.79 Å². The van der Waals surface area contributed by atoms with E-state index in [1.54, 1.807) is 19.9 Å². The second kappa shape index (κ2) is 10.6. The van der Waals surface area contributed by atoms with Crippen molar-refractivity contribution in [3.63, 3.8) is 0 Å². The number of nitrogens with zero attached hydrogens (tertiary/aromatic N) is 1. The van der Waals surface area contributed by atoms with E-state index in [-0.39, 0.29) is 16.1 Å². The highest BCUT2D eigenvalue weighted by Crippen LogP contribution is 2.30. The molecule has 3 N–H and O–H groups in total. The van der Waals surface area contributed by atoms with Gasteiger partial charge in [0.25, 0.3) is 0 Å². The van der Waals surface area contributed by atoms with Gasteiger partial charge in [-0.05, 0) is 68.9 Å². The molecular weight excluding hydrogens is 457 g/mol. The molecule has 2 aromatic carbocycles. The lowest BCUT2D eigenvalue weighted by atomic mass is 9.88. The summed E-state index contributed by atoms with van der Waals surface area (Å²) in [4.78, 5) is 13.8. The lowest BCUT2D eigenvalue weighted by Gasteiger charge is -2.25.